The highest BCUT2D eigenvalue weighted by molar-refractivity contribution is 5.77. The van der Waals surface area contributed by atoms with Gasteiger partial charge in [0.1, 0.15) is 0 Å². The highest BCUT2D eigenvalue weighted by Crippen LogP contribution is 2.38. The van der Waals surface area contributed by atoms with Gasteiger partial charge in [0, 0.05) is 20.6 Å². The minimum atomic E-state index is 0.0254. The van der Waals surface area contributed by atoms with E-state index in [0.29, 0.717) is 23.8 Å². The molecule has 0 heterocycles. The molecule has 0 aliphatic carbocycles. The van der Waals surface area contributed by atoms with Crippen molar-refractivity contribution in [1.82, 2.24) is 10.2 Å². The van der Waals surface area contributed by atoms with Gasteiger partial charge in [0.25, 0.3) is 0 Å². The molecule has 0 saturated carbocycles. The highest BCUT2D eigenvalue weighted by atomic mass is 16.5. The van der Waals surface area contributed by atoms with Crippen LogP contribution in [0.4, 0.5) is 0 Å². The summed E-state index contributed by atoms with van der Waals surface area (Å²) in [5.41, 5.74) is 0.950. The van der Waals surface area contributed by atoms with Crippen LogP contribution in [0.25, 0.3) is 0 Å². The first kappa shape index (κ1) is 16.1. The van der Waals surface area contributed by atoms with Crippen molar-refractivity contribution in [3.05, 3.63) is 17.7 Å². The third kappa shape index (κ3) is 4.03. The van der Waals surface area contributed by atoms with Crippen molar-refractivity contribution in [1.29, 1.82) is 0 Å². The Morgan fingerprint density at radius 1 is 1.10 bits per heavy atom. The quantitative estimate of drug-likeness (QED) is 0.805. The number of methoxy groups -OCH3 is 3. The van der Waals surface area contributed by atoms with Gasteiger partial charge >= 0.3 is 0 Å². The molecule has 1 aromatic carbocycles. The van der Waals surface area contributed by atoms with Crippen LogP contribution < -0.4 is 19.5 Å². The number of likely N-dealkylation sites (N-methyl/N-ethyl adjacent to an activating group) is 1. The normalized spacial score (nSPS) is 10.1. The van der Waals surface area contributed by atoms with Gasteiger partial charge in [-0.25, -0.2) is 0 Å². The van der Waals surface area contributed by atoms with Crippen molar-refractivity contribution in [2.24, 2.45) is 0 Å². The zero-order chi connectivity index (χ0) is 15.1. The van der Waals surface area contributed by atoms with E-state index >= 15 is 0 Å². The largest absolute Gasteiger partial charge is 0.493 e. The van der Waals surface area contributed by atoms with Crippen molar-refractivity contribution in [3.63, 3.8) is 0 Å². The van der Waals surface area contributed by atoms with Crippen molar-refractivity contribution < 1.29 is 19.0 Å². The number of hydrogen-bond donors (Lipinski definition) is 1. The molecule has 0 radical (unpaired) electrons. The van der Waals surface area contributed by atoms with Crippen LogP contribution in [-0.4, -0.2) is 52.8 Å². The van der Waals surface area contributed by atoms with Crippen LogP contribution in [0.1, 0.15) is 5.56 Å². The summed E-state index contributed by atoms with van der Waals surface area (Å²) in [7, 11) is 8.16. The van der Waals surface area contributed by atoms with E-state index in [4.69, 9.17) is 14.2 Å². The molecule has 0 saturated heterocycles. The number of hydrogen-bond acceptors (Lipinski definition) is 5. The predicted molar refractivity (Wildman–Crippen MR) is 76.5 cm³/mol. The van der Waals surface area contributed by atoms with E-state index in [0.717, 1.165) is 5.56 Å². The van der Waals surface area contributed by atoms with Gasteiger partial charge in [-0.1, -0.05) is 0 Å². The summed E-state index contributed by atoms with van der Waals surface area (Å²) in [5, 5.41) is 3.08. The molecule has 1 aromatic rings. The van der Waals surface area contributed by atoms with Gasteiger partial charge in [-0.2, -0.15) is 0 Å². The molecular weight excluding hydrogens is 260 g/mol. The number of nitrogens with one attached hydrogen (secondary N) is 1. The Hall–Kier alpha value is -1.95. The molecule has 0 bridgehead atoms. The predicted octanol–water partition coefficient (Wildman–Crippen LogP) is 0.890. The second-order valence-corrected chi connectivity index (χ2v) is 4.43. The lowest BCUT2D eigenvalue weighted by atomic mass is 10.1. The summed E-state index contributed by atoms with van der Waals surface area (Å²) in [5.74, 6) is 1.78. The fraction of sp³-hybridized carbons (Fsp3) is 0.500. The lowest BCUT2D eigenvalue weighted by molar-refractivity contribution is -0.127. The van der Waals surface area contributed by atoms with Crippen LogP contribution in [0.5, 0.6) is 17.2 Å². The molecule has 1 rings (SSSR count). The Labute approximate surface area is 119 Å². The van der Waals surface area contributed by atoms with Crippen LogP contribution >= 0.6 is 0 Å². The number of rotatable bonds is 7. The second-order valence-electron chi connectivity index (χ2n) is 4.43. The third-order valence-corrected chi connectivity index (χ3v) is 2.83. The Kier molecular flexibility index (Phi) is 6.11. The first-order chi connectivity index (χ1) is 9.53. The van der Waals surface area contributed by atoms with Gasteiger partial charge in [-0.15, -0.1) is 0 Å². The standard InChI is InChI=1S/C14H22N2O4/c1-16(2)13(17)9-15-8-10-6-11(18-3)14(20-5)12(7-10)19-4/h6-7,15H,8-9H2,1-5H3. The summed E-state index contributed by atoms with van der Waals surface area (Å²) in [6, 6.07) is 3.71. The summed E-state index contributed by atoms with van der Waals surface area (Å²) in [6.07, 6.45) is 0. The zero-order valence-corrected chi connectivity index (χ0v) is 12.6. The van der Waals surface area contributed by atoms with Gasteiger partial charge in [-0.3, -0.25) is 4.79 Å². The minimum Gasteiger partial charge on any atom is -0.493 e. The average molecular weight is 282 g/mol. The van der Waals surface area contributed by atoms with Crippen LogP contribution in [-0.2, 0) is 11.3 Å². The lowest BCUT2D eigenvalue weighted by Crippen LogP contribution is -2.32. The van der Waals surface area contributed by atoms with Crippen molar-refractivity contribution in [2.75, 3.05) is 42.0 Å². The molecule has 6 heteroatoms. The van der Waals surface area contributed by atoms with E-state index in [1.807, 2.05) is 12.1 Å². The Morgan fingerprint density at radius 3 is 2.05 bits per heavy atom. The summed E-state index contributed by atoms with van der Waals surface area (Å²) < 4.78 is 15.8. The molecule has 20 heavy (non-hydrogen) atoms. The molecule has 0 fully saturated rings. The third-order valence-electron chi connectivity index (χ3n) is 2.83. The molecule has 0 atom stereocenters. The number of ether oxygens (including phenoxy) is 3. The number of benzene rings is 1. The molecular formula is C14H22N2O4. The van der Waals surface area contributed by atoms with Crippen LogP contribution in [0.15, 0.2) is 12.1 Å². The first-order valence-corrected chi connectivity index (χ1v) is 6.23. The zero-order valence-electron chi connectivity index (χ0n) is 12.6. The van der Waals surface area contributed by atoms with Gasteiger partial charge in [0.15, 0.2) is 11.5 Å². The van der Waals surface area contributed by atoms with E-state index in [2.05, 4.69) is 5.32 Å². The van der Waals surface area contributed by atoms with E-state index in [-0.39, 0.29) is 12.5 Å². The molecule has 1 N–H and O–H groups in total. The molecule has 0 aliphatic heterocycles. The van der Waals surface area contributed by atoms with Crippen LogP contribution in [0, 0.1) is 0 Å². The Morgan fingerprint density at radius 2 is 1.65 bits per heavy atom. The number of amides is 1. The Balaban J connectivity index is 2.78. The summed E-state index contributed by atoms with van der Waals surface area (Å²) in [6.45, 7) is 0.819. The molecule has 112 valence electrons. The maximum absolute atomic E-state index is 11.5. The van der Waals surface area contributed by atoms with Gasteiger partial charge < -0.3 is 24.4 Å². The van der Waals surface area contributed by atoms with E-state index < -0.39 is 0 Å². The summed E-state index contributed by atoms with van der Waals surface area (Å²) >= 11 is 0. The SMILES string of the molecule is COc1cc(CNCC(=O)N(C)C)cc(OC)c1OC. The van der Waals surface area contributed by atoms with Crippen molar-refractivity contribution in [3.8, 4) is 17.2 Å². The average Bonchev–Trinajstić information content (AvgIpc) is 2.45. The van der Waals surface area contributed by atoms with E-state index in [9.17, 15) is 4.79 Å². The van der Waals surface area contributed by atoms with Crippen LogP contribution in [0.3, 0.4) is 0 Å². The van der Waals surface area contributed by atoms with Gasteiger partial charge in [0.05, 0.1) is 27.9 Å². The van der Waals surface area contributed by atoms with Crippen molar-refractivity contribution in [2.45, 2.75) is 6.54 Å². The minimum absolute atomic E-state index is 0.0254. The number of carbonyl (C=O) groups excluding carboxylic acids is 1. The Bertz CT molecular complexity index is 435. The van der Waals surface area contributed by atoms with E-state index in [1.54, 1.807) is 40.3 Å². The lowest BCUT2D eigenvalue weighted by Gasteiger charge is -2.15. The molecule has 1 amide bonds. The topological polar surface area (TPSA) is 60.0 Å². The fourth-order valence-corrected chi connectivity index (χ4v) is 1.71. The molecule has 0 aliphatic rings. The monoisotopic (exact) mass is 282 g/mol. The van der Waals surface area contributed by atoms with E-state index in [1.165, 1.54) is 0 Å². The maximum Gasteiger partial charge on any atom is 0.236 e. The molecule has 0 unspecified atom stereocenters. The second kappa shape index (κ2) is 7.59. The van der Waals surface area contributed by atoms with Gasteiger partial charge in [-0.05, 0) is 17.7 Å². The molecule has 0 aromatic heterocycles. The smallest absolute Gasteiger partial charge is 0.236 e. The first-order valence-electron chi connectivity index (χ1n) is 6.23. The van der Waals surface area contributed by atoms with Crippen molar-refractivity contribution >= 4 is 5.91 Å². The number of carbonyl (C=O) groups is 1. The highest BCUT2D eigenvalue weighted by Gasteiger charge is 2.13. The summed E-state index contributed by atoms with van der Waals surface area (Å²) in [4.78, 5) is 13.0. The fourth-order valence-electron chi connectivity index (χ4n) is 1.71. The molecule has 6 nitrogen and oxygen atoms in total. The molecule has 0 spiro atoms. The maximum atomic E-state index is 11.5. The van der Waals surface area contributed by atoms with Gasteiger partial charge in [0.2, 0.25) is 11.7 Å². The number of nitrogens with zero attached hydrogens (tertiary/aromatic N) is 1. The van der Waals surface area contributed by atoms with Crippen LogP contribution in [0.2, 0.25) is 0 Å².